The Morgan fingerprint density at radius 2 is 2.19 bits per heavy atom. The van der Waals surface area contributed by atoms with Crippen molar-refractivity contribution in [2.45, 2.75) is 12.5 Å². The predicted molar refractivity (Wildman–Crippen MR) is 78.2 cm³/mol. The van der Waals surface area contributed by atoms with Crippen LogP contribution in [0.15, 0.2) is 22.8 Å². The van der Waals surface area contributed by atoms with Crippen LogP contribution >= 0.6 is 11.8 Å². The lowest BCUT2D eigenvalue weighted by Crippen LogP contribution is -2.46. The van der Waals surface area contributed by atoms with E-state index in [1.165, 1.54) is 36.0 Å². The Labute approximate surface area is 126 Å². The molecule has 8 heteroatoms. The molecule has 7 nitrogen and oxygen atoms in total. The van der Waals surface area contributed by atoms with E-state index < -0.39 is 23.8 Å². The van der Waals surface area contributed by atoms with E-state index in [2.05, 4.69) is 5.32 Å². The highest BCUT2D eigenvalue weighted by molar-refractivity contribution is 7.98. The zero-order valence-corrected chi connectivity index (χ0v) is 12.7. The molecule has 1 heterocycles. The lowest BCUT2D eigenvalue weighted by atomic mass is 10.2. The van der Waals surface area contributed by atoms with Crippen LogP contribution in [0.4, 0.5) is 0 Å². The summed E-state index contributed by atoms with van der Waals surface area (Å²) in [6.07, 6.45) is 3.55. The highest BCUT2D eigenvalue weighted by Crippen LogP contribution is 2.04. The first-order chi connectivity index (χ1) is 9.95. The molecule has 1 unspecified atom stereocenters. The van der Waals surface area contributed by atoms with E-state index in [4.69, 9.17) is 9.52 Å². The summed E-state index contributed by atoms with van der Waals surface area (Å²) in [5.41, 5.74) is 0. The second-order valence-corrected chi connectivity index (χ2v) is 5.36. The highest BCUT2D eigenvalue weighted by atomic mass is 32.2. The molecule has 0 radical (unpaired) electrons. The summed E-state index contributed by atoms with van der Waals surface area (Å²) in [7, 11) is 1.45. The first kappa shape index (κ1) is 17.1. The van der Waals surface area contributed by atoms with Gasteiger partial charge in [-0.05, 0) is 30.6 Å². The molecule has 21 heavy (non-hydrogen) atoms. The van der Waals surface area contributed by atoms with Gasteiger partial charge in [0.15, 0.2) is 5.76 Å². The summed E-state index contributed by atoms with van der Waals surface area (Å²) in [6.45, 7) is -0.234. The molecule has 0 aliphatic heterocycles. The number of thioether (sulfide) groups is 1. The van der Waals surface area contributed by atoms with E-state index in [0.717, 1.165) is 0 Å². The van der Waals surface area contributed by atoms with Crippen LogP contribution < -0.4 is 5.32 Å². The van der Waals surface area contributed by atoms with Gasteiger partial charge in [-0.15, -0.1) is 0 Å². The van der Waals surface area contributed by atoms with Gasteiger partial charge in [0, 0.05) is 7.05 Å². The molecule has 0 aliphatic carbocycles. The molecular formula is C13H18N2O5S. The maximum absolute atomic E-state index is 11.9. The number of aliphatic carboxylic acids is 1. The molecule has 1 aromatic heterocycles. The van der Waals surface area contributed by atoms with Gasteiger partial charge in [-0.2, -0.15) is 11.8 Å². The van der Waals surface area contributed by atoms with Crippen molar-refractivity contribution >= 4 is 29.5 Å². The lowest BCUT2D eigenvalue weighted by Gasteiger charge is -2.18. The van der Waals surface area contributed by atoms with Gasteiger partial charge in [-0.3, -0.25) is 9.59 Å². The van der Waals surface area contributed by atoms with Crippen LogP contribution in [-0.4, -0.2) is 59.4 Å². The molecule has 1 rings (SSSR count). The van der Waals surface area contributed by atoms with Crippen LogP contribution in [0.2, 0.25) is 0 Å². The summed E-state index contributed by atoms with van der Waals surface area (Å²) in [5.74, 6) is -1.30. The van der Waals surface area contributed by atoms with Crippen molar-refractivity contribution in [3.05, 3.63) is 24.2 Å². The van der Waals surface area contributed by atoms with Crippen molar-refractivity contribution in [1.29, 1.82) is 0 Å². The molecule has 1 atom stereocenters. The van der Waals surface area contributed by atoms with Gasteiger partial charge in [0.2, 0.25) is 5.91 Å². The van der Waals surface area contributed by atoms with E-state index in [1.54, 1.807) is 6.07 Å². The number of likely N-dealkylation sites (N-methyl/N-ethyl adjacent to an activating group) is 1. The zero-order valence-electron chi connectivity index (χ0n) is 11.9. The SMILES string of the molecule is CSCCC(NC(=O)CN(C)C(=O)c1ccco1)C(=O)O. The summed E-state index contributed by atoms with van der Waals surface area (Å²) >= 11 is 1.50. The molecule has 0 aromatic carbocycles. The molecule has 0 spiro atoms. The number of carbonyl (C=O) groups excluding carboxylic acids is 2. The van der Waals surface area contributed by atoms with Gasteiger partial charge in [-0.1, -0.05) is 0 Å². The first-order valence-corrected chi connectivity index (χ1v) is 7.65. The molecule has 0 aliphatic rings. The summed E-state index contributed by atoms with van der Waals surface area (Å²) in [4.78, 5) is 35.9. The number of rotatable bonds is 8. The maximum atomic E-state index is 11.9. The number of hydrogen-bond acceptors (Lipinski definition) is 5. The molecule has 1 aromatic rings. The van der Waals surface area contributed by atoms with E-state index in [-0.39, 0.29) is 12.3 Å². The summed E-state index contributed by atoms with van der Waals surface area (Å²) in [5, 5.41) is 11.4. The number of carbonyl (C=O) groups is 3. The number of furan rings is 1. The number of carboxylic acid groups (broad SMARTS) is 1. The van der Waals surface area contributed by atoms with Gasteiger partial charge in [0.05, 0.1) is 12.8 Å². The third-order valence-electron chi connectivity index (χ3n) is 2.70. The van der Waals surface area contributed by atoms with Crippen LogP contribution in [0.5, 0.6) is 0 Å². The number of hydrogen-bond donors (Lipinski definition) is 2. The van der Waals surface area contributed by atoms with Crippen LogP contribution in [0.25, 0.3) is 0 Å². The monoisotopic (exact) mass is 314 g/mol. The van der Waals surface area contributed by atoms with Crippen molar-refractivity contribution in [2.75, 3.05) is 25.6 Å². The Morgan fingerprint density at radius 1 is 1.48 bits per heavy atom. The van der Waals surface area contributed by atoms with Crippen molar-refractivity contribution in [3.63, 3.8) is 0 Å². The second-order valence-electron chi connectivity index (χ2n) is 4.38. The van der Waals surface area contributed by atoms with Gasteiger partial charge in [0.25, 0.3) is 5.91 Å². The average Bonchev–Trinajstić information content (AvgIpc) is 2.96. The van der Waals surface area contributed by atoms with Crippen LogP contribution in [0.3, 0.4) is 0 Å². The van der Waals surface area contributed by atoms with Gasteiger partial charge in [-0.25, -0.2) is 4.79 Å². The predicted octanol–water partition coefficient (Wildman–Crippen LogP) is 0.674. The van der Waals surface area contributed by atoms with Crippen LogP contribution in [0, 0.1) is 0 Å². The molecular weight excluding hydrogens is 296 g/mol. The summed E-state index contributed by atoms with van der Waals surface area (Å²) < 4.78 is 4.95. The molecule has 0 fully saturated rings. The minimum Gasteiger partial charge on any atom is -0.480 e. The highest BCUT2D eigenvalue weighted by Gasteiger charge is 2.22. The largest absolute Gasteiger partial charge is 0.480 e. The van der Waals surface area contributed by atoms with Crippen molar-refractivity contribution in [1.82, 2.24) is 10.2 Å². The molecule has 2 amide bonds. The van der Waals surface area contributed by atoms with Crippen molar-refractivity contribution in [2.24, 2.45) is 0 Å². The fraction of sp³-hybridized carbons (Fsp3) is 0.462. The molecule has 116 valence electrons. The maximum Gasteiger partial charge on any atom is 0.326 e. The smallest absolute Gasteiger partial charge is 0.326 e. The van der Waals surface area contributed by atoms with Gasteiger partial charge in [0.1, 0.15) is 6.04 Å². The number of nitrogens with one attached hydrogen (secondary N) is 1. The minimum atomic E-state index is -1.09. The fourth-order valence-corrected chi connectivity index (χ4v) is 2.08. The Hall–Kier alpha value is -1.96. The lowest BCUT2D eigenvalue weighted by molar-refractivity contribution is -0.141. The average molecular weight is 314 g/mol. The van der Waals surface area contributed by atoms with E-state index >= 15 is 0 Å². The first-order valence-electron chi connectivity index (χ1n) is 6.25. The Kier molecular flexibility index (Phi) is 6.80. The van der Waals surface area contributed by atoms with E-state index in [1.807, 2.05) is 6.26 Å². The molecule has 0 saturated carbocycles. The molecule has 0 bridgehead atoms. The molecule has 2 N–H and O–H groups in total. The quantitative estimate of drug-likeness (QED) is 0.732. The fourth-order valence-electron chi connectivity index (χ4n) is 1.61. The number of carboxylic acids is 1. The number of amides is 2. The second kappa shape index (κ2) is 8.35. The Bertz CT molecular complexity index is 489. The van der Waals surface area contributed by atoms with E-state index in [0.29, 0.717) is 12.2 Å². The van der Waals surface area contributed by atoms with Crippen LogP contribution in [-0.2, 0) is 9.59 Å². The standard InChI is InChI=1S/C13H18N2O5S/c1-15(12(17)10-4-3-6-20-10)8-11(16)14-9(13(18)19)5-7-21-2/h3-4,6,9H,5,7-8H2,1-2H3,(H,14,16)(H,18,19). The van der Waals surface area contributed by atoms with Crippen LogP contribution in [0.1, 0.15) is 17.0 Å². The third-order valence-corrected chi connectivity index (χ3v) is 3.35. The number of nitrogens with zero attached hydrogens (tertiary/aromatic N) is 1. The van der Waals surface area contributed by atoms with Gasteiger partial charge < -0.3 is 19.7 Å². The third kappa shape index (κ3) is 5.50. The van der Waals surface area contributed by atoms with Gasteiger partial charge >= 0.3 is 5.97 Å². The summed E-state index contributed by atoms with van der Waals surface area (Å²) in [6, 6.07) is 2.12. The Balaban J connectivity index is 2.51. The minimum absolute atomic E-state index is 0.127. The Morgan fingerprint density at radius 3 is 2.71 bits per heavy atom. The normalized spacial score (nSPS) is 11.7. The van der Waals surface area contributed by atoms with E-state index in [9.17, 15) is 14.4 Å². The van der Waals surface area contributed by atoms with Crippen molar-refractivity contribution < 1.29 is 23.9 Å². The topological polar surface area (TPSA) is 99.9 Å². The molecule has 0 saturated heterocycles. The zero-order chi connectivity index (χ0) is 15.8. The van der Waals surface area contributed by atoms with Crippen molar-refractivity contribution in [3.8, 4) is 0 Å².